The van der Waals surface area contributed by atoms with Crippen molar-refractivity contribution in [3.05, 3.63) is 58.9 Å². The molecule has 1 N–H and O–H groups in total. The van der Waals surface area contributed by atoms with E-state index in [0.29, 0.717) is 11.3 Å². The monoisotopic (exact) mass is 498 g/mol. The van der Waals surface area contributed by atoms with Crippen molar-refractivity contribution in [2.45, 2.75) is 52.6 Å². The lowest BCUT2D eigenvalue weighted by Crippen LogP contribution is -2.43. The summed E-state index contributed by atoms with van der Waals surface area (Å²) in [6.07, 6.45) is 4.55. The third-order valence-electron chi connectivity index (χ3n) is 6.38. The van der Waals surface area contributed by atoms with Gasteiger partial charge >= 0.3 is 10.2 Å². The first-order valence-electron chi connectivity index (χ1n) is 11.6. The van der Waals surface area contributed by atoms with Gasteiger partial charge in [-0.1, -0.05) is 29.8 Å². The van der Waals surface area contributed by atoms with E-state index in [4.69, 9.17) is 0 Å². The second kappa shape index (κ2) is 9.65. The van der Waals surface area contributed by atoms with Gasteiger partial charge in [0, 0.05) is 37.0 Å². The van der Waals surface area contributed by atoms with Crippen LogP contribution in [0.3, 0.4) is 0 Å². The molecule has 11 heteroatoms. The highest BCUT2D eigenvalue weighted by molar-refractivity contribution is 7.88. The van der Waals surface area contributed by atoms with E-state index in [9.17, 15) is 18.0 Å². The number of aromatic nitrogens is 2. The molecule has 1 aromatic carbocycles. The molecular weight excluding hydrogens is 468 g/mol. The van der Waals surface area contributed by atoms with Crippen LogP contribution in [0.15, 0.2) is 46.5 Å². The zero-order valence-electron chi connectivity index (χ0n) is 20.4. The third-order valence-corrected chi connectivity index (χ3v) is 7.70. The fourth-order valence-corrected chi connectivity index (χ4v) is 5.14. The molecule has 3 heterocycles. The molecule has 35 heavy (non-hydrogen) atoms. The van der Waals surface area contributed by atoms with Gasteiger partial charge in [-0.25, -0.2) is 4.31 Å². The molecule has 2 aliphatic heterocycles. The van der Waals surface area contributed by atoms with Crippen LogP contribution in [-0.4, -0.2) is 64.6 Å². The number of piperidine rings is 1. The zero-order chi connectivity index (χ0) is 25.3. The molecule has 0 unspecified atom stereocenters. The van der Waals surface area contributed by atoms with E-state index < -0.39 is 16.1 Å². The summed E-state index contributed by atoms with van der Waals surface area (Å²) in [6.45, 7) is 6.59. The van der Waals surface area contributed by atoms with E-state index in [1.807, 2.05) is 24.0 Å². The van der Waals surface area contributed by atoms with E-state index >= 15 is 0 Å². The van der Waals surface area contributed by atoms with Gasteiger partial charge in [0.05, 0.1) is 5.71 Å². The maximum absolute atomic E-state index is 13.1. The van der Waals surface area contributed by atoms with Gasteiger partial charge in [-0.2, -0.15) is 13.5 Å². The molecule has 0 aliphatic carbocycles. The number of amides is 2. The summed E-state index contributed by atoms with van der Waals surface area (Å²) in [5.74, 6) is -0.421. The molecule has 1 aromatic heterocycles. The highest BCUT2D eigenvalue weighted by atomic mass is 32.2. The molecule has 10 nitrogen and oxygen atoms in total. The summed E-state index contributed by atoms with van der Waals surface area (Å²) < 4.78 is 31.4. The van der Waals surface area contributed by atoms with Gasteiger partial charge in [0.2, 0.25) is 5.91 Å². The minimum atomic E-state index is -4.08. The highest BCUT2D eigenvalue weighted by Crippen LogP contribution is 2.22. The number of hydrogen-bond acceptors (Lipinski definition) is 5. The quantitative estimate of drug-likeness (QED) is 0.679. The lowest BCUT2D eigenvalue weighted by Gasteiger charge is -2.33. The maximum Gasteiger partial charge on any atom is 0.345 e. The van der Waals surface area contributed by atoms with Crippen molar-refractivity contribution in [1.29, 1.82) is 0 Å². The predicted molar refractivity (Wildman–Crippen MR) is 133 cm³/mol. The SMILES string of the molecule is Cc1ccc(C2=NS(=O)(=O)N(C)C(C(=O)Nc3cc(C)n(CC(=O)N4CCCC[C@@H]4C)n3)=C2)cc1. The van der Waals surface area contributed by atoms with Gasteiger partial charge in [-0.05, 0) is 46.1 Å². The summed E-state index contributed by atoms with van der Waals surface area (Å²) >= 11 is 0. The van der Waals surface area contributed by atoms with Crippen LogP contribution in [0.2, 0.25) is 0 Å². The molecule has 186 valence electrons. The lowest BCUT2D eigenvalue weighted by atomic mass is 10.0. The Morgan fingerprint density at radius 2 is 1.86 bits per heavy atom. The lowest BCUT2D eigenvalue weighted by molar-refractivity contribution is -0.135. The molecular formula is C24H30N6O4S. The number of hydrogen-bond donors (Lipinski definition) is 1. The summed E-state index contributed by atoms with van der Waals surface area (Å²) in [5, 5.41) is 7.02. The van der Waals surface area contributed by atoms with Crippen LogP contribution in [0.5, 0.6) is 0 Å². The number of benzene rings is 1. The largest absolute Gasteiger partial charge is 0.345 e. The van der Waals surface area contributed by atoms with Crippen LogP contribution in [-0.2, 0) is 26.3 Å². The van der Waals surface area contributed by atoms with Gasteiger partial charge in [0.15, 0.2) is 5.82 Å². The number of carbonyl (C=O) groups excluding carboxylic acids is 2. The number of allylic oxidation sites excluding steroid dienone is 1. The van der Waals surface area contributed by atoms with E-state index in [2.05, 4.69) is 21.7 Å². The molecule has 2 amide bonds. The molecule has 0 radical (unpaired) electrons. The van der Waals surface area contributed by atoms with Crippen molar-refractivity contribution in [2.24, 2.45) is 4.40 Å². The van der Waals surface area contributed by atoms with Gasteiger partial charge in [0.1, 0.15) is 12.2 Å². The fraction of sp³-hybridized carbons (Fsp3) is 0.417. The Bertz CT molecular complexity index is 1310. The zero-order valence-corrected chi connectivity index (χ0v) is 21.2. The van der Waals surface area contributed by atoms with Crippen LogP contribution in [0.25, 0.3) is 0 Å². The van der Waals surface area contributed by atoms with Crippen LogP contribution in [0.1, 0.15) is 43.0 Å². The van der Waals surface area contributed by atoms with E-state index in [-0.39, 0.29) is 35.7 Å². The average Bonchev–Trinajstić information content (AvgIpc) is 3.14. The molecule has 1 fully saturated rings. The highest BCUT2D eigenvalue weighted by Gasteiger charge is 2.30. The normalized spacial score (nSPS) is 19.7. The Labute approximate surface area is 205 Å². The Balaban J connectivity index is 1.52. The summed E-state index contributed by atoms with van der Waals surface area (Å²) in [7, 11) is -2.80. The molecule has 1 atom stereocenters. The number of nitrogens with one attached hydrogen (secondary N) is 1. The first-order chi connectivity index (χ1) is 16.5. The number of nitrogens with zero attached hydrogens (tertiary/aromatic N) is 5. The minimum Gasteiger partial charge on any atom is -0.338 e. The second-order valence-corrected chi connectivity index (χ2v) is 10.7. The van der Waals surface area contributed by atoms with Crippen molar-refractivity contribution in [3.8, 4) is 0 Å². The van der Waals surface area contributed by atoms with Crippen molar-refractivity contribution in [1.82, 2.24) is 19.0 Å². The Hall–Kier alpha value is -3.47. The molecule has 0 spiro atoms. The third kappa shape index (κ3) is 5.29. The topological polar surface area (TPSA) is 117 Å². The van der Waals surface area contributed by atoms with Gasteiger partial charge in [-0.15, -0.1) is 4.40 Å². The maximum atomic E-state index is 13.1. The predicted octanol–water partition coefficient (Wildman–Crippen LogP) is 2.40. The number of aryl methyl sites for hydroxylation is 2. The Kier molecular flexibility index (Phi) is 6.79. The van der Waals surface area contributed by atoms with Crippen molar-refractivity contribution in [2.75, 3.05) is 18.9 Å². The van der Waals surface area contributed by atoms with Crippen molar-refractivity contribution < 1.29 is 18.0 Å². The van der Waals surface area contributed by atoms with Crippen LogP contribution in [0, 0.1) is 13.8 Å². The molecule has 4 rings (SSSR count). The summed E-state index contributed by atoms with van der Waals surface area (Å²) in [5.41, 5.74) is 2.41. The molecule has 1 saturated heterocycles. The van der Waals surface area contributed by atoms with E-state index in [1.54, 1.807) is 29.8 Å². The summed E-state index contributed by atoms with van der Waals surface area (Å²) in [4.78, 5) is 27.7. The average molecular weight is 499 g/mol. The number of likely N-dealkylation sites (N-methyl/N-ethyl adjacent to an activating group) is 1. The standard InChI is InChI=1S/C24H30N6O4S/c1-16-8-10-19(11-9-16)20-14-21(28(4)35(33,34)27-20)24(32)25-22-13-18(3)30(26-22)15-23(31)29-12-6-5-7-17(29)2/h8-11,13-14,17H,5-7,12,15H2,1-4H3,(H,25,26,32)/t17-/m0/s1. The summed E-state index contributed by atoms with van der Waals surface area (Å²) in [6, 6.07) is 9.05. The molecule has 0 saturated carbocycles. The van der Waals surface area contributed by atoms with E-state index in [1.165, 1.54) is 13.1 Å². The fourth-order valence-electron chi connectivity index (χ4n) is 4.22. The van der Waals surface area contributed by atoms with Gasteiger partial charge in [-0.3, -0.25) is 14.3 Å². The minimum absolute atomic E-state index is 0.0129. The van der Waals surface area contributed by atoms with Gasteiger partial charge in [0.25, 0.3) is 5.91 Å². The molecule has 2 aromatic rings. The Morgan fingerprint density at radius 3 is 2.54 bits per heavy atom. The number of rotatable bonds is 5. The number of likely N-dealkylation sites (tertiary alicyclic amines) is 1. The van der Waals surface area contributed by atoms with Crippen molar-refractivity contribution in [3.63, 3.8) is 0 Å². The second-order valence-electron chi connectivity index (χ2n) is 9.03. The first kappa shape index (κ1) is 24.6. The van der Waals surface area contributed by atoms with Crippen LogP contribution >= 0.6 is 0 Å². The Morgan fingerprint density at radius 1 is 1.14 bits per heavy atom. The number of carbonyl (C=O) groups is 2. The first-order valence-corrected chi connectivity index (χ1v) is 13.0. The van der Waals surface area contributed by atoms with Crippen molar-refractivity contribution >= 4 is 33.6 Å². The van der Waals surface area contributed by atoms with E-state index in [0.717, 1.165) is 35.7 Å². The van der Waals surface area contributed by atoms with Crippen LogP contribution in [0.4, 0.5) is 5.82 Å². The molecule has 0 bridgehead atoms. The molecule has 2 aliphatic rings. The van der Waals surface area contributed by atoms with Gasteiger partial charge < -0.3 is 10.2 Å². The number of anilines is 1. The van der Waals surface area contributed by atoms with Crippen LogP contribution < -0.4 is 5.32 Å². The smallest absolute Gasteiger partial charge is 0.338 e.